The van der Waals surface area contributed by atoms with E-state index in [4.69, 9.17) is 5.73 Å². The van der Waals surface area contributed by atoms with Gasteiger partial charge in [0.15, 0.2) is 0 Å². The number of nitrogens with zero attached hydrogens (tertiary/aromatic N) is 2. The molecule has 2 heterocycles. The minimum atomic E-state index is 0. The van der Waals surface area contributed by atoms with Gasteiger partial charge in [0.05, 0.1) is 5.65 Å². The van der Waals surface area contributed by atoms with Gasteiger partial charge in [0.25, 0.3) is 0 Å². The van der Waals surface area contributed by atoms with E-state index in [0.717, 1.165) is 4.70 Å². The number of aromatic nitrogens is 2. The molecule has 0 atom stereocenters. The van der Waals surface area contributed by atoms with Gasteiger partial charge >= 0.3 is 31.1 Å². The number of rotatable bonds is 0. The van der Waals surface area contributed by atoms with E-state index in [1.54, 1.807) is 6.20 Å². The number of hydrogen-bond donors (Lipinski definition) is 0. The van der Waals surface area contributed by atoms with Crippen LogP contribution in [0.25, 0.3) is 16.1 Å². The molecule has 0 radical (unpaired) electrons. The quantitative estimate of drug-likeness (QED) is 0.636. The van der Waals surface area contributed by atoms with Gasteiger partial charge in [-0.15, -0.1) is 11.3 Å². The maximum absolute atomic E-state index is 7.19. The van der Waals surface area contributed by atoms with E-state index in [1.807, 2.05) is 12.1 Å². The summed E-state index contributed by atoms with van der Waals surface area (Å²) in [5.41, 5.74) is 7.87. The Bertz CT molecular complexity index is 327. The first-order valence-electron chi connectivity index (χ1n) is 2.79. The van der Waals surface area contributed by atoms with Gasteiger partial charge in [-0.2, -0.15) is 0 Å². The summed E-state index contributed by atoms with van der Waals surface area (Å²) in [5, 5.41) is 0.328. The Morgan fingerprint density at radius 1 is 1.42 bits per heavy atom. The Labute approximate surface area is 98.8 Å². The summed E-state index contributed by atoms with van der Waals surface area (Å²) in [6.07, 6.45) is 1.68. The van der Waals surface area contributed by atoms with Crippen LogP contribution in [-0.4, -0.2) is 9.97 Å². The van der Waals surface area contributed by atoms with Crippen molar-refractivity contribution in [2.45, 2.75) is 0 Å². The molecule has 12 heavy (non-hydrogen) atoms. The van der Waals surface area contributed by atoms with Crippen molar-refractivity contribution >= 4 is 26.8 Å². The van der Waals surface area contributed by atoms with Gasteiger partial charge in [-0.1, -0.05) is 0 Å². The minimum Gasteiger partial charge on any atom is -0.473 e. The Balaban J connectivity index is 0.000000605. The molecule has 0 fully saturated rings. The van der Waals surface area contributed by atoms with Crippen LogP contribution in [0.15, 0.2) is 18.3 Å². The molecule has 0 spiro atoms. The SMILES string of the molecule is [CH3-].[NH-]c1nc2ncccc2s1.[U+2]. The normalized spacial score (nSPS) is 8.67. The van der Waals surface area contributed by atoms with Gasteiger partial charge in [0.1, 0.15) is 0 Å². The smallest absolute Gasteiger partial charge is 0.473 e. The van der Waals surface area contributed by atoms with Crippen LogP contribution in [0.3, 0.4) is 0 Å². The predicted octanol–water partition coefficient (Wildman–Crippen LogP) is 2.83. The van der Waals surface area contributed by atoms with E-state index >= 15 is 0 Å². The van der Waals surface area contributed by atoms with Crippen molar-refractivity contribution in [1.29, 1.82) is 0 Å². The molecular formula is C7H7N3SU. The van der Waals surface area contributed by atoms with Crippen molar-refractivity contribution in [3.05, 3.63) is 31.5 Å². The molecule has 0 aliphatic carbocycles. The first-order chi connectivity index (χ1) is 4.86. The molecule has 0 unspecified atom stereocenters. The number of nitrogens with one attached hydrogen (secondary N) is 1. The maximum Gasteiger partial charge on any atom is 2.00 e. The first-order valence-corrected chi connectivity index (χ1v) is 3.61. The monoisotopic (exact) mass is 403 g/mol. The van der Waals surface area contributed by atoms with Crippen molar-refractivity contribution in [3.8, 4) is 0 Å². The third-order valence-electron chi connectivity index (χ3n) is 1.16. The summed E-state index contributed by atoms with van der Waals surface area (Å²) in [4.78, 5) is 7.87. The van der Waals surface area contributed by atoms with Crippen LogP contribution in [0.4, 0.5) is 5.13 Å². The molecule has 60 valence electrons. The second-order valence-electron chi connectivity index (χ2n) is 1.84. The summed E-state index contributed by atoms with van der Waals surface area (Å²) in [6, 6.07) is 3.76. The molecule has 2 rings (SSSR count). The molecule has 0 bridgehead atoms. The van der Waals surface area contributed by atoms with Crippen molar-refractivity contribution < 1.29 is 31.1 Å². The number of pyridine rings is 1. The number of hydrogen-bond acceptors (Lipinski definition) is 3. The molecule has 1 N–H and O–H groups in total. The predicted molar refractivity (Wildman–Crippen MR) is 47.8 cm³/mol. The van der Waals surface area contributed by atoms with Gasteiger partial charge in [-0.05, 0) is 17.3 Å². The fraction of sp³-hybridized carbons (Fsp3) is 0. The molecule has 3 nitrogen and oxygen atoms in total. The van der Waals surface area contributed by atoms with Gasteiger partial charge in [-0.25, -0.2) is 0 Å². The molecule has 2 aromatic rings. The van der Waals surface area contributed by atoms with Gasteiger partial charge in [-0.3, -0.25) is 4.98 Å². The van der Waals surface area contributed by atoms with E-state index in [2.05, 4.69) is 9.97 Å². The summed E-state index contributed by atoms with van der Waals surface area (Å²) in [6.45, 7) is 0. The van der Waals surface area contributed by atoms with Crippen LogP contribution in [-0.2, 0) is 0 Å². The summed E-state index contributed by atoms with van der Waals surface area (Å²) in [7, 11) is 0. The number of fused-ring (bicyclic) bond motifs is 1. The Morgan fingerprint density at radius 3 is 2.83 bits per heavy atom. The van der Waals surface area contributed by atoms with Gasteiger partial charge in [0, 0.05) is 10.9 Å². The van der Waals surface area contributed by atoms with E-state index in [1.165, 1.54) is 11.3 Å². The Hall–Kier alpha value is -0.108. The second-order valence-corrected chi connectivity index (χ2v) is 2.87. The van der Waals surface area contributed by atoms with E-state index in [0.29, 0.717) is 10.8 Å². The zero-order valence-corrected chi connectivity index (χ0v) is 11.5. The molecule has 2 aromatic heterocycles. The van der Waals surface area contributed by atoms with Crippen LogP contribution in [0.1, 0.15) is 0 Å². The largest absolute Gasteiger partial charge is 2.00 e. The average Bonchev–Trinajstić information content (AvgIpc) is 2.27. The standard InChI is InChI=1S/C6H4N3S.CH3.U/c7-6-9-5-4(10-6)2-1-3-8-5;;/h1-3H,(H-,7,8,9);1H3;/q2*-1;+2. The van der Waals surface area contributed by atoms with E-state index < -0.39 is 0 Å². The third kappa shape index (κ3) is 2.19. The van der Waals surface area contributed by atoms with Crippen molar-refractivity contribution in [1.82, 2.24) is 9.97 Å². The van der Waals surface area contributed by atoms with Crippen LogP contribution >= 0.6 is 11.3 Å². The topological polar surface area (TPSA) is 49.6 Å². The molecule has 0 aliphatic rings. The third-order valence-corrected chi connectivity index (χ3v) is 1.99. The minimum absolute atomic E-state index is 0. The van der Waals surface area contributed by atoms with Gasteiger partial charge < -0.3 is 18.1 Å². The fourth-order valence-electron chi connectivity index (χ4n) is 0.769. The summed E-state index contributed by atoms with van der Waals surface area (Å²) in [5.74, 6) is 0. The van der Waals surface area contributed by atoms with Crippen molar-refractivity contribution in [2.24, 2.45) is 0 Å². The molecule has 0 saturated carbocycles. The van der Waals surface area contributed by atoms with Crippen LogP contribution in [0.2, 0.25) is 0 Å². The van der Waals surface area contributed by atoms with E-state index in [-0.39, 0.29) is 38.5 Å². The molecule has 0 aliphatic heterocycles. The van der Waals surface area contributed by atoms with E-state index in [9.17, 15) is 0 Å². The zero-order chi connectivity index (χ0) is 6.97. The molecule has 0 aromatic carbocycles. The van der Waals surface area contributed by atoms with Crippen molar-refractivity contribution in [3.63, 3.8) is 0 Å². The van der Waals surface area contributed by atoms with Crippen molar-refractivity contribution in [2.75, 3.05) is 0 Å². The van der Waals surface area contributed by atoms with Crippen LogP contribution < -0.4 is 0 Å². The molecule has 5 heteroatoms. The fourth-order valence-corrected chi connectivity index (χ4v) is 1.45. The molecule has 0 saturated heterocycles. The molecule has 0 amide bonds. The number of thiazole rings is 1. The first kappa shape index (κ1) is 11.9. The molecular weight excluding hydrogens is 396 g/mol. The summed E-state index contributed by atoms with van der Waals surface area (Å²) < 4.78 is 0.979. The summed E-state index contributed by atoms with van der Waals surface area (Å²) >= 11 is 1.35. The maximum atomic E-state index is 7.19. The van der Waals surface area contributed by atoms with Crippen LogP contribution in [0, 0.1) is 38.5 Å². The van der Waals surface area contributed by atoms with Gasteiger partial charge in [0.2, 0.25) is 0 Å². The second kappa shape index (κ2) is 4.81. The Morgan fingerprint density at radius 2 is 2.17 bits per heavy atom. The average molecular weight is 403 g/mol. The Kier molecular flexibility index (Phi) is 4.76. The zero-order valence-electron chi connectivity index (χ0n) is 6.53. The van der Waals surface area contributed by atoms with Crippen LogP contribution in [0.5, 0.6) is 0 Å².